The molecule has 4 nitrogen and oxygen atoms in total. The number of benzene rings is 2. The first kappa shape index (κ1) is 18.5. The predicted molar refractivity (Wildman–Crippen MR) is 84.6 cm³/mol. The molecule has 7 heteroatoms. The SMILES string of the molecule is COC(=O)CN(Cc1ccccc1)C(=O)c1ccc(C(F)(F)F)cc1. The minimum Gasteiger partial charge on any atom is -0.468 e. The van der Waals surface area contributed by atoms with Crippen molar-refractivity contribution in [1.29, 1.82) is 0 Å². The summed E-state index contributed by atoms with van der Waals surface area (Å²) in [6, 6.07) is 12.8. The molecule has 0 N–H and O–H groups in total. The van der Waals surface area contributed by atoms with Crippen LogP contribution in [-0.4, -0.2) is 30.4 Å². The van der Waals surface area contributed by atoms with Gasteiger partial charge in [-0.15, -0.1) is 0 Å². The van der Waals surface area contributed by atoms with Crippen molar-refractivity contribution in [2.75, 3.05) is 13.7 Å². The van der Waals surface area contributed by atoms with Gasteiger partial charge in [0, 0.05) is 12.1 Å². The van der Waals surface area contributed by atoms with Gasteiger partial charge >= 0.3 is 12.1 Å². The van der Waals surface area contributed by atoms with E-state index in [1.165, 1.54) is 12.0 Å². The number of carbonyl (C=O) groups is 2. The monoisotopic (exact) mass is 351 g/mol. The molecule has 0 bridgehead atoms. The summed E-state index contributed by atoms with van der Waals surface area (Å²) in [5.41, 5.74) is 0.00567. The Morgan fingerprint density at radius 2 is 1.60 bits per heavy atom. The van der Waals surface area contributed by atoms with E-state index in [4.69, 9.17) is 0 Å². The van der Waals surface area contributed by atoms with E-state index in [0.29, 0.717) is 0 Å². The van der Waals surface area contributed by atoms with E-state index in [-0.39, 0.29) is 18.7 Å². The summed E-state index contributed by atoms with van der Waals surface area (Å²) in [7, 11) is 1.20. The summed E-state index contributed by atoms with van der Waals surface area (Å²) in [6.07, 6.45) is -4.47. The Hall–Kier alpha value is -2.83. The van der Waals surface area contributed by atoms with E-state index in [0.717, 1.165) is 29.8 Å². The molecule has 2 rings (SSSR count). The van der Waals surface area contributed by atoms with Gasteiger partial charge in [-0.3, -0.25) is 9.59 Å². The maximum atomic E-state index is 12.6. The number of esters is 1. The first-order valence-electron chi connectivity index (χ1n) is 7.38. The molecule has 0 aliphatic carbocycles. The Bertz CT molecular complexity index is 727. The molecule has 0 atom stereocenters. The van der Waals surface area contributed by atoms with Crippen LogP contribution in [0, 0.1) is 0 Å². The Morgan fingerprint density at radius 1 is 1.00 bits per heavy atom. The number of nitrogens with zero attached hydrogens (tertiary/aromatic N) is 1. The van der Waals surface area contributed by atoms with Crippen molar-refractivity contribution in [3.63, 3.8) is 0 Å². The summed E-state index contributed by atoms with van der Waals surface area (Å²) in [5, 5.41) is 0. The molecule has 0 aromatic heterocycles. The van der Waals surface area contributed by atoms with Gasteiger partial charge in [0.1, 0.15) is 6.54 Å². The molecule has 0 aliphatic rings. The highest BCUT2D eigenvalue weighted by atomic mass is 19.4. The summed E-state index contributed by atoms with van der Waals surface area (Å²) < 4.78 is 42.5. The molecule has 0 unspecified atom stereocenters. The second-order valence-corrected chi connectivity index (χ2v) is 5.30. The molecule has 0 heterocycles. The number of hydrogen-bond donors (Lipinski definition) is 0. The molecule has 1 amide bonds. The molecule has 0 radical (unpaired) electrons. The van der Waals surface area contributed by atoms with Gasteiger partial charge < -0.3 is 9.64 Å². The predicted octanol–water partition coefficient (Wildman–Crippen LogP) is 3.52. The van der Waals surface area contributed by atoms with E-state index in [9.17, 15) is 22.8 Å². The summed E-state index contributed by atoms with van der Waals surface area (Å²) in [4.78, 5) is 25.4. The van der Waals surface area contributed by atoms with Crippen LogP contribution in [0.5, 0.6) is 0 Å². The summed E-state index contributed by atoms with van der Waals surface area (Å²) in [6.45, 7) is -0.166. The zero-order valence-corrected chi connectivity index (χ0v) is 13.4. The van der Waals surface area contributed by atoms with Crippen molar-refractivity contribution < 1.29 is 27.5 Å². The number of halogens is 3. The van der Waals surface area contributed by atoms with E-state index in [1.807, 2.05) is 6.07 Å². The lowest BCUT2D eigenvalue weighted by Gasteiger charge is -2.22. The molecule has 0 spiro atoms. The van der Waals surface area contributed by atoms with Crippen LogP contribution in [0.3, 0.4) is 0 Å². The molecule has 25 heavy (non-hydrogen) atoms. The maximum Gasteiger partial charge on any atom is 0.416 e. The molecule has 0 fully saturated rings. The van der Waals surface area contributed by atoms with E-state index >= 15 is 0 Å². The molecule has 132 valence electrons. The maximum absolute atomic E-state index is 12.6. The molecular formula is C18H16F3NO3. The Labute approximate surface area is 142 Å². The average Bonchev–Trinajstić information content (AvgIpc) is 2.60. The fourth-order valence-corrected chi connectivity index (χ4v) is 2.21. The van der Waals surface area contributed by atoms with Crippen LogP contribution in [-0.2, 0) is 22.3 Å². The van der Waals surface area contributed by atoms with Gasteiger partial charge in [-0.05, 0) is 29.8 Å². The second-order valence-electron chi connectivity index (χ2n) is 5.30. The van der Waals surface area contributed by atoms with Crippen molar-refractivity contribution in [3.8, 4) is 0 Å². The van der Waals surface area contributed by atoms with Gasteiger partial charge in [-0.25, -0.2) is 0 Å². The Kier molecular flexibility index (Phi) is 5.80. The number of methoxy groups -OCH3 is 1. The molecule has 2 aromatic carbocycles. The first-order chi connectivity index (χ1) is 11.8. The highest BCUT2D eigenvalue weighted by molar-refractivity contribution is 5.96. The fraction of sp³-hybridized carbons (Fsp3) is 0.222. The highest BCUT2D eigenvalue weighted by Gasteiger charge is 2.30. The third-order valence-corrected chi connectivity index (χ3v) is 3.51. The first-order valence-corrected chi connectivity index (χ1v) is 7.38. The lowest BCUT2D eigenvalue weighted by Crippen LogP contribution is -2.35. The quantitative estimate of drug-likeness (QED) is 0.775. The van der Waals surface area contributed by atoms with Crippen molar-refractivity contribution in [2.24, 2.45) is 0 Å². The average molecular weight is 351 g/mol. The lowest BCUT2D eigenvalue weighted by atomic mass is 10.1. The third kappa shape index (κ3) is 5.07. The lowest BCUT2D eigenvalue weighted by molar-refractivity contribution is -0.141. The summed E-state index contributed by atoms with van der Waals surface area (Å²) >= 11 is 0. The highest BCUT2D eigenvalue weighted by Crippen LogP contribution is 2.29. The van der Waals surface area contributed by atoms with Crippen molar-refractivity contribution in [1.82, 2.24) is 4.90 Å². The number of rotatable bonds is 5. The van der Waals surface area contributed by atoms with E-state index in [2.05, 4.69) is 4.74 Å². The topological polar surface area (TPSA) is 46.6 Å². The molecule has 0 saturated heterocycles. The van der Waals surface area contributed by atoms with Crippen molar-refractivity contribution in [2.45, 2.75) is 12.7 Å². The number of carbonyl (C=O) groups excluding carboxylic acids is 2. The number of amides is 1. The van der Waals surface area contributed by atoms with Gasteiger partial charge in [-0.1, -0.05) is 30.3 Å². The largest absolute Gasteiger partial charge is 0.468 e. The number of ether oxygens (including phenoxy) is 1. The minimum absolute atomic E-state index is 0.0628. The fourth-order valence-electron chi connectivity index (χ4n) is 2.21. The Balaban J connectivity index is 2.23. The van der Waals surface area contributed by atoms with Crippen LogP contribution in [0.2, 0.25) is 0 Å². The van der Waals surface area contributed by atoms with Crippen molar-refractivity contribution >= 4 is 11.9 Å². The normalized spacial score (nSPS) is 11.0. The van der Waals surface area contributed by atoms with Crippen molar-refractivity contribution in [3.05, 3.63) is 71.3 Å². The number of alkyl halides is 3. The summed E-state index contributed by atoms with van der Waals surface area (Å²) in [5.74, 6) is -1.17. The van der Waals surface area contributed by atoms with Crippen LogP contribution >= 0.6 is 0 Å². The van der Waals surface area contributed by atoms with Gasteiger partial charge in [0.2, 0.25) is 0 Å². The van der Waals surface area contributed by atoms with Gasteiger partial charge in [0.05, 0.1) is 12.7 Å². The van der Waals surface area contributed by atoms with E-state index in [1.54, 1.807) is 24.3 Å². The standard InChI is InChI=1S/C18H16F3NO3/c1-25-16(23)12-22(11-13-5-3-2-4-6-13)17(24)14-7-9-15(10-8-14)18(19,20)21/h2-10H,11-12H2,1H3. The smallest absolute Gasteiger partial charge is 0.416 e. The number of hydrogen-bond acceptors (Lipinski definition) is 3. The molecule has 0 aliphatic heterocycles. The van der Waals surface area contributed by atoms with Gasteiger partial charge in [0.25, 0.3) is 5.91 Å². The van der Waals surface area contributed by atoms with Gasteiger partial charge in [0.15, 0.2) is 0 Å². The Morgan fingerprint density at radius 3 is 2.12 bits per heavy atom. The molecule has 2 aromatic rings. The van der Waals surface area contributed by atoms with Crippen LogP contribution < -0.4 is 0 Å². The van der Waals surface area contributed by atoms with Crippen LogP contribution in [0.4, 0.5) is 13.2 Å². The second kappa shape index (κ2) is 7.83. The third-order valence-electron chi connectivity index (χ3n) is 3.51. The zero-order valence-electron chi connectivity index (χ0n) is 13.4. The minimum atomic E-state index is -4.47. The van der Waals surface area contributed by atoms with Gasteiger partial charge in [-0.2, -0.15) is 13.2 Å². The zero-order chi connectivity index (χ0) is 18.4. The van der Waals surface area contributed by atoms with Crippen LogP contribution in [0.1, 0.15) is 21.5 Å². The van der Waals surface area contributed by atoms with Crippen LogP contribution in [0.15, 0.2) is 54.6 Å². The molecular weight excluding hydrogens is 335 g/mol. The van der Waals surface area contributed by atoms with Crippen LogP contribution in [0.25, 0.3) is 0 Å². The van der Waals surface area contributed by atoms with E-state index < -0.39 is 23.6 Å². The molecule has 0 saturated carbocycles.